The first-order valence-corrected chi connectivity index (χ1v) is 8.37. The highest BCUT2D eigenvalue weighted by molar-refractivity contribution is 6.31. The van der Waals surface area contributed by atoms with Crippen LogP contribution in [-0.2, 0) is 4.79 Å². The summed E-state index contributed by atoms with van der Waals surface area (Å²) >= 11 is 6.08. The molecule has 2 aromatic carbocycles. The zero-order valence-corrected chi connectivity index (χ0v) is 15.5. The lowest BCUT2D eigenvalue weighted by Crippen LogP contribution is -2.30. The third-order valence-electron chi connectivity index (χ3n) is 3.56. The number of hydrogen-bond donors (Lipinski definition) is 1. The first-order valence-electron chi connectivity index (χ1n) is 7.99. The van der Waals surface area contributed by atoms with Gasteiger partial charge in [0.2, 0.25) is 0 Å². The molecular weight excluding hydrogens is 342 g/mol. The van der Waals surface area contributed by atoms with Gasteiger partial charge in [0.15, 0.2) is 6.10 Å². The number of halogens is 1. The van der Waals surface area contributed by atoms with Gasteiger partial charge in [-0.05, 0) is 56.7 Å². The van der Waals surface area contributed by atoms with Crippen LogP contribution in [0.3, 0.4) is 0 Å². The van der Waals surface area contributed by atoms with Crippen LogP contribution in [0.5, 0.6) is 17.2 Å². The van der Waals surface area contributed by atoms with E-state index in [1.54, 1.807) is 43.3 Å². The molecule has 0 aliphatic rings. The van der Waals surface area contributed by atoms with Gasteiger partial charge in [0.05, 0.1) is 19.4 Å². The second-order valence-electron chi connectivity index (χ2n) is 5.46. The van der Waals surface area contributed by atoms with E-state index in [1.807, 2.05) is 13.8 Å². The zero-order valence-electron chi connectivity index (χ0n) is 14.8. The monoisotopic (exact) mass is 363 g/mol. The van der Waals surface area contributed by atoms with Crippen LogP contribution >= 0.6 is 11.6 Å². The van der Waals surface area contributed by atoms with Crippen LogP contribution in [0.4, 0.5) is 5.69 Å². The molecule has 1 amide bonds. The van der Waals surface area contributed by atoms with Crippen molar-refractivity contribution in [2.45, 2.75) is 26.9 Å². The summed E-state index contributed by atoms with van der Waals surface area (Å²) in [6.07, 6.45) is -0.682. The van der Waals surface area contributed by atoms with Gasteiger partial charge in [-0.3, -0.25) is 4.79 Å². The molecular formula is C19H22ClNO4. The van der Waals surface area contributed by atoms with Crippen molar-refractivity contribution in [2.75, 3.05) is 19.0 Å². The predicted molar refractivity (Wildman–Crippen MR) is 99.1 cm³/mol. The molecule has 1 N–H and O–H groups in total. The van der Waals surface area contributed by atoms with Crippen LogP contribution in [0.15, 0.2) is 36.4 Å². The Hall–Kier alpha value is -2.40. The fourth-order valence-corrected chi connectivity index (χ4v) is 2.36. The van der Waals surface area contributed by atoms with Gasteiger partial charge < -0.3 is 19.5 Å². The Kier molecular flexibility index (Phi) is 6.53. The normalized spacial score (nSPS) is 11.6. The molecule has 1 unspecified atom stereocenters. The lowest BCUT2D eigenvalue weighted by molar-refractivity contribution is -0.122. The summed E-state index contributed by atoms with van der Waals surface area (Å²) < 4.78 is 16.3. The van der Waals surface area contributed by atoms with Crippen molar-refractivity contribution in [1.29, 1.82) is 0 Å². The van der Waals surface area contributed by atoms with Crippen molar-refractivity contribution in [3.8, 4) is 17.2 Å². The Morgan fingerprint density at radius 2 is 1.84 bits per heavy atom. The molecule has 0 radical (unpaired) electrons. The molecule has 0 spiro atoms. The lowest BCUT2D eigenvalue weighted by Gasteiger charge is -2.17. The second-order valence-corrected chi connectivity index (χ2v) is 5.86. The van der Waals surface area contributed by atoms with E-state index in [9.17, 15) is 4.79 Å². The molecule has 134 valence electrons. The molecule has 0 saturated carbocycles. The van der Waals surface area contributed by atoms with Crippen LogP contribution in [0.25, 0.3) is 0 Å². The standard InChI is InChI=1S/C19H22ClNO4/c1-5-24-14-6-8-15(9-7-14)25-13(3)19(22)21-17-10-12(2)16(20)11-18(17)23-4/h6-11,13H,5H2,1-4H3,(H,21,22). The van der Waals surface area contributed by atoms with Crippen molar-refractivity contribution >= 4 is 23.2 Å². The molecule has 5 nitrogen and oxygen atoms in total. The largest absolute Gasteiger partial charge is 0.495 e. The highest BCUT2D eigenvalue weighted by Gasteiger charge is 2.17. The fraction of sp³-hybridized carbons (Fsp3) is 0.316. The molecule has 0 aliphatic heterocycles. The average Bonchev–Trinajstić information content (AvgIpc) is 2.59. The van der Waals surface area contributed by atoms with Crippen molar-refractivity contribution in [2.24, 2.45) is 0 Å². The van der Waals surface area contributed by atoms with E-state index in [-0.39, 0.29) is 5.91 Å². The summed E-state index contributed by atoms with van der Waals surface area (Å²) in [4.78, 5) is 12.4. The Morgan fingerprint density at radius 3 is 2.44 bits per heavy atom. The minimum atomic E-state index is -0.682. The van der Waals surface area contributed by atoms with Gasteiger partial charge in [0.25, 0.3) is 5.91 Å². The van der Waals surface area contributed by atoms with E-state index in [0.29, 0.717) is 28.8 Å². The quantitative estimate of drug-likeness (QED) is 0.789. The number of rotatable bonds is 7. The van der Waals surface area contributed by atoms with Crippen LogP contribution in [0.1, 0.15) is 19.4 Å². The molecule has 1 atom stereocenters. The van der Waals surface area contributed by atoms with Crippen molar-refractivity contribution < 1.29 is 19.0 Å². The third kappa shape index (κ3) is 5.03. The Morgan fingerprint density at radius 1 is 1.20 bits per heavy atom. The first-order chi connectivity index (χ1) is 11.9. The van der Waals surface area contributed by atoms with E-state index >= 15 is 0 Å². The topological polar surface area (TPSA) is 56.8 Å². The Bertz CT molecular complexity index is 731. The molecule has 0 fully saturated rings. The SMILES string of the molecule is CCOc1ccc(OC(C)C(=O)Nc2cc(C)c(Cl)cc2OC)cc1. The van der Waals surface area contributed by atoms with Crippen molar-refractivity contribution in [3.63, 3.8) is 0 Å². The fourth-order valence-electron chi connectivity index (χ4n) is 2.20. The molecule has 2 rings (SSSR count). The second kappa shape index (κ2) is 8.62. The van der Waals surface area contributed by atoms with E-state index in [2.05, 4.69) is 5.32 Å². The summed E-state index contributed by atoms with van der Waals surface area (Å²) in [6.45, 7) is 6.06. The maximum absolute atomic E-state index is 12.4. The van der Waals surface area contributed by atoms with Crippen molar-refractivity contribution in [1.82, 2.24) is 0 Å². The average molecular weight is 364 g/mol. The van der Waals surface area contributed by atoms with Gasteiger partial charge in [0.1, 0.15) is 17.2 Å². The van der Waals surface area contributed by atoms with E-state index in [1.165, 1.54) is 7.11 Å². The van der Waals surface area contributed by atoms with Gasteiger partial charge in [-0.2, -0.15) is 0 Å². The van der Waals surface area contributed by atoms with Gasteiger partial charge in [-0.1, -0.05) is 11.6 Å². The molecule has 0 aliphatic carbocycles. The molecule has 2 aromatic rings. The number of carbonyl (C=O) groups is 1. The number of carbonyl (C=O) groups excluding carboxylic acids is 1. The lowest BCUT2D eigenvalue weighted by atomic mass is 10.2. The number of hydrogen-bond acceptors (Lipinski definition) is 4. The van der Waals surface area contributed by atoms with Crippen LogP contribution in [-0.4, -0.2) is 25.7 Å². The Labute approximate surface area is 152 Å². The molecule has 0 heterocycles. The number of ether oxygens (including phenoxy) is 3. The predicted octanol–water partition coefficient (Wildman–Crippen LogP) is 4.46. The number of anilines is 1. The third-order valence-corrected chi connectivity index (χ3v) is 3.96. The highest BCUT2D eigenvalue weighted by atomic mass is 35.5. The summed E-state index contributed by atoms with van der Waals surface area (Å²) in [5.41, 5.74) is 1.40. The number of aryl methyl sites for hydroxylation is 1. The first kappa shape index (κ1) is 18.9. The summed E-state index contributed by atoms with van der Waals surface area (Å²) in [5, 5.41) is 3.39. The number of nitrogens with one attached hydrogen (secondary N) is 1. The van der Waals surface area contributed by atoms with Crippen LogP contribution in [0.2, 0.25) is 5.02 Å². The van der Waals surface area contributed by atoms with Gasteiger partial charge >= 0.3 is 0 Å². The summed E-state index contributed by atoms with van der Waals surface area (Å²) in [5.74, 6) is 1.56. The molecule has 0 saturated heterocycles. The maximum Gasteiger partial charge on any atom is 0.265 e. The maximum atomic E-state index is 12.4. The molecule has 6 heteroatoms. The molecule has 0 bridgehead atoms. The van der Waals surface area contributed by atoms with Crippen LogP contribution in [0, 0.1) is 6.92 Å². The van der Waals surface area contributed by atoms with Crippen LogP contribution < -0.4 is 19.5 Å². The number of benzene rings is 2. The summed E-state index contributed by atoms with van der Waals surface area (Å²) in [6, 6.07) is 10.6. The van der Waals surface area contributed by atoms with Gasteiger partial charge in [-0.15, -0.1) is 0 Å². The van der Waals surface area contributed by atoms with Gasteiger partial charge in [0, 0.05) is 11.1 Å². The van der Waals surface area contributed by atoms with E-state index in [4.69, 9.17) is 25.8 Å². The smallest absolute Gasteiger partial charge is 0.265 e. The molecule has 0 aromatic heterocycles. The molecule has 25 heavy (non-hydrogen) atoms. The van der Waals surface area contributed by atoms with E-state index in [0.717, 1.165) is 11.3 Å². The Balaban J connectivity index is 2.04. The minimum absolute atomic E-state index is 0.283. The number of amides is 1. The highest BCUT2D eigenvalue weighted by Crippen LogP contribution is 2.31. The van der Waals surface area contributed by atoms with Crippen molar-refractivity contribution in [3.05, 3.63) is 47.0 Å². The summed E-state index contributed by atoms with van der Waals surface area (Å²) in [7, 11) is 1.52. The number of methoxy groups -OCH3 is 1. The van der Waals surface area contributed by atoms with E-state index < -0.39 is 6.10 Å². The minimum Gasteiger partial charge on any atom is -0.495 e. The van der Waals surface area contributed by atoms with Gasteiger partial charge in [-0.25, -0.2) is 0 Å². The zero-order chi connectivity index (χ0) is 18.4.